The maximum Gasteiger partial charge on any atom is 0.123 e. The first-order chi connectivity index (χ1) is 8.20. The molecule has 2 rings (SSSR count). The van der Waals surface area contributed by atoms with Crippen molar-refractivity contribution < 1.29 is 8.78 Å². The van der Waals surface area contributed by atoms with Gasteiger partial charge in [-0.2, -0.15) is 0 Å². The van der Waals surface area contributed by atoms with E-state index in [4.69, 9.17) is 5.84 Å². The fraction of sp³-hybridized carbons (Fsp3) is 0.0769. The molecule has 0 radical (unpaired) electrons. The molecule has 17 heavy (non-hydrogen) atoms. The SMILES string of the molecule is NNC(c1cccc(F)c1)c1cccc(F)c1. The smallest absolute Gasteiger partial charge is 0.123 e. The van der Waals surface area contributed by atoms with Crippen molar-refractivity contribution in [3.63, 3.8) is 0 Å². The van der Waals surface area contributed by atoms with Crippen LogP contribution >= 0.6 is 0 Å². The van der Waals surface area contributed by atoms with Crippen LogP contribution in [0, 0.1) is 11.6 Å². The standard InChI is InChI=1S/C13H12F2N2/c14-11-5-1-3-9(7-11)13(17-16)10-4-2-6-12(15)8-10/h1-8,13,17H,16H2. The highest BCUT2D eigenvalue weighted by Gasteiger charge is 2.13. The van der Waals surface area contributed by atoms with Crippen molar-refractivity contribution in [3.05, 3.63) is 71.3 Å². The van der Waals surface area contributed by atoms with Gasteiger partial charge in [0.05, 0.1) is 6.04 Å². The molecule has 0 saturated heterocycles. The van der Waals surface area contributed by atoms with E-state index in [2.05, 4.69) is 5.43 Å². The first-order valence-corrected chi connectivity index (χ1v) is 5.18. The number of hydrogen-bond donors (Lipinski definition) is 2. The van der Waals surface area contributed by atoms with Gasteiger partial charge in [0.15, 0.2) is 0 Å². The van der Waals surface area contributed by atoms with Gasteiger partial charge in [0, 0.05) is 0 Å². The first-order valence-electron chi connectivity index (χ1n) is 5.18. The molecule has 0 heterocycles. The zero-order valence-electron chi connectivity index (χ0n) is 9.03. The number of hydrazine groups is 1. The first kappa shape index (κ1) is 11.7. The molecular formula is C13H12F2N2. The third-order valence-corrected chi connectivity index (χ3v) is 2.53. The minimum atomic E-state index is -0.429. The Bertz CT molecular complexity index is 469. The maximum absolute atomic E-state index is 13.1. The molecule has 2 aromatic rings. The predicted octanol–water partition coefficient (Wildman–Crippen LogP) is 2.52. The van der Waals surface area contributed by atoms with E-state index in [-0.39, 0.29) is 11.6 Å². The van der Waals surface area contributed by atoms with E-state index in [0.29, 0.717) is 11.1 Å². The zero-order chi connectivity index (χ0) is 12.3. The van der Waals surface area contributed by atoms with Gasteiger partial charge in [0.25, 0.3) is 0 Å². The minimum Gasteiger partial charge on any atom is -0.271 e. The lowest BCUT2D eigenvalue weighted by Gasteiger charge is -2.16. The third-order valence-electron chi connectivity index (χ3n) is 2.53. The lowest BCUT2D eigenvalue weighted by atomic mass is 9.99. The van der Waals surface area contributed by atoms with Crippen molar-refractivity contribution in [2.24, 2.45) is 5.84 Å². The molecule has 0 aliphatic heterocycles. The molecule has 0 aliphatic rings. The Balaban J connectivity index is 2.40. The van der Waals surface area contributed by atoms with Gasteiger partial charge in [-0.1, -0.05) is 24.3 Å². The number of rotatable bonds is 3. The summed E-state index contributed by atoms with van der Waals surface area (Å²) < 4.78 is 26.2. The molecule has 88 valence electrons. The molecule has 0 bridgehead atoms. The Morgan fingerprint density at radius 3 is 1.71 bits per heavy atom. The van der Waals surface area contributed by atoms with E-state index >= 15 is 0 Å². The summed E-state index contributed by atoms with van der Waals surface area (Å²) in [5.74, 6) is 4.75. The Morgan fingerprint density at radius 1 is 0.882 bits per heavy atom. The van der Waals surface area contributed by atoms with Gasteiger partial charge in [-0.05, 0) is 35.4 Å². The fourth-order valence-electron chi connectivity index (χ4n) is 1.76. The topological polar surface area (TPSA) is 38.0 Å². The third kappa shape index (κ3) is 2.67. The highest BCUT2D eigenvalue weighted by Crippen LogP contribution is 2.22. The van der Waals surface area contributed by atoms with Crippen molar-refractivity contribution in [2.75, 3.05) is 0 Å². The second-order valence-corrected chi connectivity index (χ2v) is 3.71. The molecule has 0 saturated carbocycles. The number of benzene rings is 2. The molecule has 3 N–H and O–H groups in total. The minimum absolute atomic E-state index is 0.348. The summed E-state index contributed by atoms with van der Waals surface area (Å²) in [4.78, 5) is 0. The van der Waals surface area contributed by atoms with Crippen LogP contribution < -0.4 is 11.3 Å². The van der Waals surface area contributed by atoms with Gasteiger partial charge in [0.2, 0.25) is 0 Å². The fourth-order valence-corrected chi connectivity index (χ4v) is 1.76. The summed E-state index contributed by atoms with van der Waals surface area (Å²) >= 11 is 0. The normalized spacial score (nSPS) is 10.8. The summed E-state index contributed by atoms with van der Waals surface area (Å²) in [5.41, 5.74) is 3.86. The molecule has 0 aromatic heterocycles. The number of nitrogens with two attached hydrogens (primary N) is 1. The van der Waals surface area contributed by atoms with Crippen LogP contribution in [0.4, 0.5) is 8.78 Å². The van der Waals surface area contributed by atoms with Crippen LogP contribution in [0.25, 0.3) is 0 Å². The Kier molecular flexibility index (Phi) is 3.46. The van der Waals surface area contributed by atoms with Crippen LogP contribution in [0.5, 0.6) is 0 Å². The van der Waals surface area contributed by atoms with Crippen molar-refractivity contribution in [1.29, 1.82) is 0 Å². The monoisotopic (exact) mass is 234 g/mol. The molecular weight excluding hydrogens is 222 g/mol. The van der Waals surface area contributed by atoms with E-state index in [9.17, 15) is 8.78 Å². The number of hydrogen-bond acceptors (Lipinski definition) is 2. The van der Waals surface area contributed by atoms with Gasteiger partial charge >= 0.3 is 0 Å². The zero-order valence-corrected chi connectivity index (χ0v) is 9.03. The van der Waals surface area contributed by atoms with E-state index in [1.54, 1.807) is 24.3 Å². The quantitative estimate of drug-likeness (QED) is 0.632. The average Bonchev–Trinajstić information content (AvgIpc) is 2.30. The highest BCUT2D eigenvalue weighted by molar-refractivity contribution is 5.32. The van der Waals surface area contributed by atoms with Crippen molar-refractivity contribution >= 4 is 0 Å². The van der Waals surface area contributed by atoms with E-state index in [1.807, 2.05) is 0 Å². The molecule has 0 spiro atoms. The van der Waals surface area contributed by atoms with Gasteiger partial charge in [-0.3, -0.25) is 5.84 Å². The van der Waals surface area contributed by atoms with Crippen molar-refractivity contribution in [1.82, 2.24) is 5.43 Å². The summed E-state index contributed by atoms with van der Waals surface area (Å²) in [5, 5.41) is 0. The highest BCUT2D eigenvalue weighted by atomic mass is 19.1. The second-order valence-electron chi connectivity index (χ2n) is 3.71. The molecule has 2 nitrogen and oxygen atoms in total. The molecule has 2 aromatic carbocycles. The van der Waals surface area contributed by atoms with Crippen LogP contribution in [-0.4, -0.2) is 0 Å². The lowest BCUT2D eigenvalue weighted by Crippen LogP contribution is -2.28. The molecule has 0 fully saturated rings. The molecule has 0 amide bonds. The van der Waals surface area contributed by atoms with Gasteiger partial charge < -0.3 is 0 Å². The van der Waals surface area contributed by atoms with E-state index in [0.717, 1.165) is 0 Å². The van der Waals surface area contributed by atoms with Gasteiger partial charge in [0.1, 0.15) is 11.6 Å². The number of halogens is 2. The largest absolute Gasteiger partial charge is 0.271 e. The molecule has 4 heteroatoms. The van der Waals surface area contributed by atoms with Crippen LogP contribution in [0.2, 0.25) is 0 Å². The Morgan fingerprint density at radius 2 is 1.35 bits per heavy atom. The summed E-state index contributed by atoms with van der Waals surface area (Å²) in [6.45, 7) is 0. The van der Waals surface area contributed by atoms with Gasteiger partial charge in [-0.15, -0.1) is 0 Å². The summed E-state index contributed by atoms with van der Waals surface area (Å²) in [7, 11) is 0. The summed E-state index contributed by atoms with van der Waals surface area (Å²) in [6, 6.07) is 11.7. The van der Waals surface area contributed by atoms with Crippen LogP contribution in [0.3, 0.4) is 0 Å². The lowest BCUT2D eigenvalue weighted by molar-refractivity contribution is 0.595. The van der Waals surface area contributed by atoms with Crippen molar-refractivity contribution in [2.45, 2.75) is 6.04 Å². The van der Waals surface area contributed by atoms with Crippen molar-refractivity contribution in [3.8, 4) is 0 Å². The number of nitrogens with one attached hydrogen (secondary N) is 1. The molecule has 0 unspecified atom stereocenters. The van der Waals surface area contributed by atoms with Gasteiger partial charge in [-0.25, -0.2) is 14.2 Å². The molecule has 0 aliphatic carbocycles. The Hall–Kier alpha value is -1.78. The second kappa shape index (κ2) is 5.03. The van der Waals surface area contributed by atoms with E-state index in [1.165, 1.54) is 24.3 Å². The predicted molar refractivity (Wildman–Crippen MR) is 62.0 cm³/mol. The van der Waals surface area contributed by atoms with Crippen LogP contribution in [0.15, 0.2) is 48.5 Å². The van der Waals surface area contributed by atoms with Crippen LogP contribution in [0.1, 0.15) is 17.2 Å². The van der Waals surface area contributed by atoms with Crippen LogP contribution in [-0.2, 0) is 0 Å². The summed E-state index contributed by atoms with van der Waals surface area (Å²) in [6.07, 6.45) is 0. The maximum atomic E-state index is 13.1. The molecule has 0 atom stereocenters. The van der Waals surface area contributed by atoms with E-state index < -0.39 is 6.04 Å². The average molecular weight is 234 g/mol. The Labute approximate surface area is 98.0 Å².